The summed E-state index contributed by atoms with van der Waals surface area (Å²) in [4.78, 5) is 13.3. The lowest BCUT2D eigenvalue weighted by Gasteiger charge is -2.35. The van der Waals surface area contributed by atoms with E-state index in [0.717, 1.165) is 42.6 Å². The summed E-state index contributed by atoms with van der Waals surface area (Å²) < 4.78 is 5.42. The number of ether oxygens (including phenoxy) is 1. The van der Waals surface area contributed by atoms with Gasteiger partial charge in [0, 0.05) is 43.3 Å². The highest BCUT2D eigenvalue weighted by Gasteiger charge is 2.19. The number of piperazine rings is 1. The number of aliphatic imine (C=N–C) groups is 1. The van der Waals surface area contributed by atoms with E-state index >= 15 is 0 Å². The zero-order valence-electron chi connectivity index (χ0n) is 14.5. The first-order valence-corrected chi connectivity index (χ1v) is 8.88. The van der Waals surface area contributed by atoms with Crippen LogP contribution in [0.1, 0.15) is 11.1 Å². The molecule has 2 aromatic rings. The van der Waals surface area contributed by atoms with Gasteiger partial charge in [-0.15, -0.1) is 35.3 Å². The third-order valence-electron chi connectivity index (χ3n) is 4.15. The van der Waals surface area contributed by atoms with Crippen LogP contribution in [0.4, 0.5) is 5.13 Å². The van der Waals surface area contributed by atoms with Gasteiger partial charge in [0.05, 0.1) is 13.7 Å². The number of nitrogens with two attached hydrogens (primary N) is 1. The van der Waals surface area contributed by atoms with E-state index in [-0.39, 0.29) is 24.0 Å². The van der Waals surface area contributed by atoms with Crippen molar-refractivity contribution in [3.05, 3.63) is 40.9 Å². The number of hydrogen-bond acceptors (Lipinski definition) is 5. The molecule has 1 aliphatic rings. The number of aromatic nitrogens is 1. The average molecular weight is 473 g/mol. The highest BCUT2D eigenvalue weighted by atomic mass is 127. The molecule has 1 aromatic heterocycles. The van der Waals surface area contributed by atoms with Crippen molar-refractivity contribution in [2.24, 2.45) is 10.7 Å². The van der Waals surface area contributed by atoms with E-state index in [1.165, 1.54) is 5.56 Å². The molecule has 0 atom stereocenters. The molecule has 1 aliphatic heterocycles. The van der Waals surface area contributed by atoms with E-state index in [4.69, 9.17) is 10.5 Å². The van der Waals surface area contributed by atoms with E-state index in [9.17, 15) is 0 Å². The fraction of sp³-hybridized carbons (Fsp3) is 0.412. The number of rotatable bonds is 4. The zero-order valence-corrected chi connectivity index (χ0v) is 17.7. The molecule has 1 saturated heterocycles. The van der Waals surface area contributed by atoms with Gasteiger partial charge in [-0.1, -0.05) is 12.1 Å². The first-order chi connectivity index (χ1) is 11.7. The predicted molar refractivity (Wildman–Crippen MR) is 114 cm³/mol. The quantitative estimate of drug-likeness (QED) is 0.420. The van der Waals surface area contributed by atoms with Crippen LogP contribution in [0, 0.1) is 6.92 Å². The number of halogens is 1. The van der Waals surface area contributed by atoms with Crippen LogP contribution in [0.25, 0.3) is 0 Å². The molecule has 0 aliphatic carbocycles. The van der Waals surface area contributed by atoms with Crippen LogP contribution in [0.15, 0.2) is 34.8 Å². The van der Waals surface area contributed by atoms with Gasteiger partial charge < -0.3 is 20.3 Å². The summed E-state index contributed by atoms with van der Waals surface area (Å²) in [6.45, 7) is 6.13. The van der Waals surface area contributed by atoms with Crippen LogP contribution < -0.4 is 15.4 Å². The minimum atomic E-state index is 0. The maximum absolute atomic E-state index is 6.19. The molecule has 0 unspecified atom stereocenters. The number of anilines is 1. The van der Waals surface area contributed by atoms with Crippen molar-refractivity contribution in [3.8, 4) is 5.75 Å². The summed E-state index contributed by atoms with van der Waals surface area (Å²) in [5, 5.41) is 3.08. The Balaban J connectivity index is 0.00000225. The molecule has 136 valence electrons. The van der Waals surface area contributed by atoms with E-state index in [1.807, 2.05) is 30.6 Å². The van der Waals surface area contributed by atoms with E-state index in [0.29, 0.717) is 12.5 Å². The molecule has 0 amide bonds. The molecule has 0 spiro atoms. The number of aryl methyl sites for hydroxylation is 1. The summed E-state index contributed by atoms with van der Waals surface area (Å²) in [5.74, 6) is 1.46. The van der Waals surface area contributed by atoms with Crippen molar-refractivity contribution in [2.45, 2.75) is 13.5 Å². The first kappa shape index (κ1) is 19.8. The molecule has 25 heavy (non-hydrogen) atoms. The molecular formula is C17H24IN5OS. The fourth-order valence-electron chi connectivity index (χ4n) is 2.75. The van der Waals surface area contributed by atoms with Gasteiger partial charge in [-0.25, -0.2) is 9.98 Å². The molecule has 8 heteroatoms. The van der Waals surface area contributed by atoms with Crippen LogP contribution in [0.3, 0.4) is 0 Å². The molecule has 1 fully saturated rings. The topological polar surface area (TPSA) is 67.0 Å². The molecule has 1 aromatic carbocycles. The second-order valence-corrected chi connectivity index (χ2v) is 6.65. The number of guanidine groups is 1. The number of benzene rings is 1. The highest BCUT2D eigenvalue weighted by molar-refractivity contribution is 14.0. The van der Waals surface area contributed by atoms with Gasteiger partial charge >= 0.3 is 0 Å². The van der Waals surface area contributed by atoms with E-state index < -0.39 is 0 Å². The molecule has 2 heterocycles. The zero-order chi connectivity index (χ0) is 16.9. The SMILES string of the molecule is COc1cc(C)ccc1CN=C(N)N1CCN(c2nccs2)CC1.I. The standard InChI is InChI=1S/C17H23N5OS.HI/c1-13-3-4-14(15(11-13)23-2)12-20-16(18)21-6-8-22(9-7-21)17-19-5-10-24-17;/h3-5,10-11H,6-9,12H2,1-2H3,(H2,18,20);1H. The Morgan fingerprint density at radius 2 is 2.08 bits per heavy atom. The van der Waals surface area contributed by atoms with E-state index in [1.54, 1.807) is 18.4 Å². The third-order valence-corrected chi connectivity index (χ3v) is 4.98. The molecule has 6 nitrogen and oxygen atoms in total. The van der Waals surface area contributed by atoms with Crippen molar-refractivity contribution in [2.75, 3.05) is 38.2 Å². The molecular weight excluding hydrogens is 449 g/mol. The Hall–Kier alpha value is -1.55. The third kappa shape index (κ3) is 4.97. The lowest BCUT2D eigenvalue weighted by atomic mass is 10.1. The minimum absolute atomic E-state index is 0. The van der Waals surface area contributed by atoms with Crippen molar-refractivity contribution in [3.63, 3.8) is 0 Å². The monoisotopic (exact) mass is 473 g/mol. The second-order valence-electron chi connectivity index (χ2n) is 5.78. The average Bonchev–Trinajstić information content (AvgIpc) is 3.15. The Labute approximate surface area is 169 Å². The maximum Gasteiger partial charge on any atom is 0.191 e. The van der Waals surface area contributed by atoms with Crippen LogP contribution in [-0.2, 0) is 6.54 Å². The summed E-state index contributed by atoms with van der Waals surface area (Å²) in [6.07, 6.45) is 1.84. The van der Waals surface area contributed by atoms with Gasteiger partial charge in [0.15, 0.2) is 11.1 Å². The van der Waals surface area contributed by atoms with Crippen molar-refractivity contribution < 1.29 is 4.74 Å². The maximum atomic E-state index is 6.19. The van der Waals surface area contributed by atoms with Gasteiger partial charge in [0.1, 0.15) is 5.75 Å². The number of methoxy groups -OCH3 is 1. The van der Waals surface area contributed by atoms with Crippen LogP contribution in [0.5, 0.6) is 5.75 Å². The van der Waals surface area contributed by atoms with Crippen LogP contribution >= 0.6 is 35.3 Å². The highest BCUT2D eigenvalue weighted by Crippen LogP contribution is 2.21. The number of nitrogens with zero attached hydrogens (tertiary/aromatic N) is 4. The summed E-state index contributed by atoms with van der Waals surface area (Å²) in [5.41, 5.74) is 8.41. The Kier molecular flexibility index (Phi) is 7.30. The van der Waals surface area contributed by atoms with Crippen molar-refractivity contribution >= 4 is 46.4 Å². The molecule has 0 saturated carbocycles. The summed E-state index contributed by atoms with van der Waals surface area (Å²) >= 11 is 1.67. The smallest absolute Gasteiger partial charge is 0.191 e. The predicted octanol–water partition coefficient (Wildman–Crippen LogP) is 2.72. The fourth-order valence-corrected chi connectivity index (χ4v) is 3.44. The molecule has 0 radical (unpaired) electrons. The molecule has 0 bridgehead atoms. The minimum Gasteiger partial charge on any atom is -0.496 e. The molecule has 3 rings (SSSR count). The molecule has 2 N–H and O–H groups in total. The number of thiazole rings is 1. The van der Waals surface area contributed by atoms with Crippen molar-refractivity contribution in [1.29, 1.82) is 0 Å². The lowest BCUT2D eigenvalue weighted by Crippen LogP contribution is -2.51. The van der Waals surface area contributed by atoms with Gasteiger partial charge in [-0.05, 0) is 18.6 Å². The van der Waals surface area contributed by atoms with Gasteiger partial charge in [0.2, 0.25) is 0 Å². The summed E-state index contributed by atoms with van der Waals surface area (Å²) in [7, 11) is 1.68. The Morgan fingerprint density at radius 1 is 1.32 bits per heavy atom. The van der Waals surface area contributed by atoms with Crippen LogP contribution in [0.2, 0.25) is 0 Å². The Bertz CT molecular complexity index is 699. The Morgan fingerprint density at radius 3 is 2.72 bits per heavy atom. The summed E-state index contributed by atoms with van der Waals surface area (Å²) in [6, 6.07) is 6.13. The second kappa shape index (κ2) is 9.23. The van der Waals surface area contributed by atoms with Gasteiger partial charge in [-0.3, -0.25) is 0 Å². The van der Waals surface area contributed by atoms with E-state index in [2.05, 4.69) is 25.8 Å². The largest absolute Gasteiger partial charge is 0.496 e. The lowest BCUT2D eigenvalue weighted by molar-refractivity contribution is 0.380. The normalized spacial score (nSPS) is 15.0. The van der Waals surface area contributed by atoms with Crippen molar-refractivity contribution in [1.82, 2.24) is 9.88 Å². The van der Waals surface area contributed by atoms with Gasteiger partial charge in [0.25, 0.3) is 0 Å². The van der Waals surface area contributed by atoms with Gasteiger partial charge in [-0.2, -0.15) is 0 Å². The van der Waals surface area contributed by atoms with Crippen LogP contribution in [-0.4, -0.2) is 49.1 Å². The first-order valence-electron chi connectivity index (χ1n) is 8.00. The number of hydrogen-bond donors (Lipinski definition) is 1.